The molecular formula is C11H14FNO. The second kappa shape index (κ2) is 3.33. The Kier molecular flexibility index (Phi) is 2.29. The maximum absolute atomic E-state index is 13.5. The summed E-state index contributed by atoms with van der Waals surface area (Å²) >= 11 is 0. The van der Waals surface area contributed by atoms with E-state index >= 15 is 0 Å². The van der Waals surface area contributed by atoms with Crippen LogP contribution >= 0.6 is 0 Å². The fraction of sp³-hybridized carbons (Fsp3) is 0.455. The van der Waals surface area contributed by atoms with Crippen LogP contribution < -0.4 is 5.73 Å². The Balaban J connectivity index is 2.35. The SMILES string of the molecule is NCC1(c2ccccc2F)CC1CO. The van der Waals surface area contributed by atoms with Crippen molar-refractivity contribution < 1.29 is 9.50 Å². The molecule has 76 valence electrons. The zero-order valence-corrected chi connectivity index (χ0v) is 7.91. The molecule has 0 saturated heterocycles. The van der Waals surface area contributed by atoms with Gasteiger partial charge in [-0.15, -0.1) is 0 Å². The standard InChI is InChI=1S/C11H14FNO/c12-10-4-2-1-3-9(10)11(7-13)5-8(11)6-14/h1-4,8,14H,5-7,13H2. The normalized spacial score (nSPS) is 30.4. The molecular weight excluding hydrogens is 181 g/mol. The largest absolute Gasteiger partial charge is 0.396 e. The lowest BCUT2D eigenvalue weighted by Gasteiger charge is -2.15. The Hall–Kier alpha value is -0.930. The van der Waals surface area contributed by atoms with Crippen molar-refractivity contribution in [2.75, 3.05) is 13.2 Å². The van der Waals surface area contributed by atoms with Crippen molar-refractivity contribution in [2.45, 2.75) is 11.8 Å². The minimum atomic E-state index is -0.305. The van der Waals surface area contributed by atoms with Gasteiger partial charge in [-0.3, -0.25) is 0 Å². The highest BCUT2D eigenvalue weighted by Crippen LogP contribution is 2.53. The Morgan fingerprint density at radius 3 is 2.71 bits per heavy atom. The molecule has 0 spiro atoms. The van der Waals surface area contributed by atoms with Crippen molar-refractivity contribution in [2.24, 2.45) is 11.7 Å². The zero-order chi connectivity index (χ0) is 10.2. The molecule has 0 bridgehead atoms. The van der Waals surface area contributed by atoms with Gasteiger partial charge in [0.15, 0.2) is 0 Å². The zero-order valence-electron chi connectivity index (χ0n) is 7.91. The van der Waals surface area contributed by atoms with Crippen molar-refractivity contribution in [1.82, 2.24) is 0 Å². The molecule has 2 rings (SSSR count). The van der Waals surface area contributed by atoms with E-state index in [1.54, 1.807) is 12.1 Å². The quantitative estimate of drug-likeness (QED) is 0.756. The fourth-order valence-electron chi connectivity index (χ4n) is 2.17. The highest BCUT2D eigenvalue weighted by Gasteiger charge is 2.54. The van der Waals surface area contributed by atoms with Gasteiger partial charge >= 0.3 is 0 Å². The maximum atomic E-state index is 13.5. The Bertz CT molecular complexity index is 342. The average Bonchev–Trinajstić information content (AvgIpc) is 2.93. The summed E-state index contributed by atoms with van der Waals surface area (Å²) in [5, 5.41) is 9.05. The third-order valence-corrected chi connectivity index (χ3v) is 3.23. The van der Waals surface area contributed by atoms with Crippen LogP contribution in [0.15, 0.2) is 24.3 Å². The van der Waals surface area contributed by atoms with Crippen molar-refractivity contribution in [3.8, 4) is 0 Å². The first-order valence-electron chi connectivity index (χ1n) is 4.80. The number of aliphatic hydroxyl groups excluding tert-OH is 1. The van der Waals surface area contributed by atoms with Crippen LogP contribution in [0.5, 0.6) is 0 Å². The van der Waals surface area contributed by atoms with Gasteiger partial charge in [0.1, 0.15) is 5.82 Å². The van der Waals surface area contributed by atoms with E-state index in [0.29, 0.717) is 12.1 Å². The fourth-order valence-corrected chi connectivity index (χ4v) is 2.17. The molecule has 0 radical (unpaired) electrons. The number of halogens is 1. The summed E-state index contributed by atoms with van der Waals surface area (Å²) in [5.74, 6) is -0.0849. The summed E-state index contributed by atoms with van der Waals surface area (Å²) in [6, 6.07) is 6.68. The van der Waals surface area contributed by atoms with Crippen LogP contribution in [0.4, 0.5) is 4.39 Å². The minimum absolute atomic E-state index is 0.0888. The van der Waals surface area contributed by atoms with E-state index in [9.17, 15) is 4.39 Å². The first-order chi connectivity index (χ1) is 6.74. The Morgan fingerprint density at radius 2 is 2.21 bits per heavy atom. The summed E-state index contributed by atoms with van der Waals surface area (Å²) in [5.41, 5.74) is 6.01. The number of hydrogen-bond donors (Lipinski definition) is 2. The van der Waals surface area contributed by atoms with E-state index in [-0.39, 0.29) is 23.8 Å². The maximum Gasteiger partial charge on any atom is 0.127 e. The van der Waals surface area contributed by atoms with Crippen LogP contribution in [0.1, 0.15) is 12.0 Å². The number of hydrogen-bond acceptors (Lipinski definition) is 2. The topological polar surface area (TPSA) is 46.2 Å². The lowest BCUT2D eigenvalue weighted by atomic mass is 9.93. The molecule has 2 atom stereocenters. The Morgan fingerprint density at radius 1 is 1.50 bits per heavy atom. The van der Waals surface area contributed by atoms with E-state index in [2.05, 4.69) is 0 Å². The van der Waals surface area contributed by atoms with Gasteiger partial charge < -0.3 is 10.8 Å². The number of nitrogens with two attached hydrogens (primary N) is 1. The second-order valence-corrected chi connectivity index (χ2v) is 3.92. The van der Waals surface area contributed by atoms with Crippen molar-refractivity contribution in [1.29, 1.82) is 0 Å². The van der Waals surface area contributed by atoms with Crippen molar-refractivity contribution in [3.63, 3.8) is 0 Å². The third kappa shape index (κ3) is 1.24. The molecule has 0 heterocycles. The molecule has 14 heavy (non-hydrogen) atoms. The second-order valence-electron chi connectivity index (χ2n) is 3.92. The predicted octanol–water partition coefficient (Wildman–Crippen LogP) is 1.03. The summed E-state index contributed by atoms with van der Waals surface area (Å²) < 4.78 is 13.5. The van der Waals surface area contributed by atoms with Gasteiger partial charge in [-0.2, -0.15) is 0 Å². The molecule has 0 aromatic heterocycles. The lowest BCUT2D eigenvalue weighted by Crippen LogP contribution is -2.24. The van der Waals surface area contributed by atoms with Gasteiger partial charge in [0.25, 0.3) is 0 Å². The first kappa shape index (κ1) is 9.62. The predicted molar refractivity (Wildman–Crippen MR) is 52.3 cm³/mol. The highest BCUT2D eigenvalue weighted by atomic mass is 19.1. The smallest absolute Gasteiger partial charge is 0.127 e. The van der Waals surface area contributed by atoms with E-state index < -0.39 is 0 Å². The van der Waals surface area contributed by atoms with Crippen molar-refractivity contribution in [3.05, 3.63) is 35.6 Å². The van der Waals surface area contributed by atoms with Crippen LogP contribution in [-0.4, -0.2) is 18.3 Å². The van der Waals surface area contributed by atoms with Crippen molar-refractivity contribution >= 4 is 0 Å². The van der Waals surface area contributed by atoms with E-state index in [4.69, 9.17) is 10.8 Å². The number of rotatable bonds is 3. The number of benzene rings is 1. The molecule has 1 aliphatic rings. The molecule has 3 N–H and O–H groups in total. The molecule has 1 fully saturated rings. The molecule has 3 heteroatoms. The first-order valence-corrected chi connectivity index (χ1v) is 4.80. The molecule has 1 aromatic carbocycles. The van der Waals surface area contributed by atoms with Crippen LogP contribution in [0.25, 0.3) is 0 Å². The molecule has 1 aromatic rings. The van der Waals surface area contributed by atoms with E-state index in [1.807, 2.05) is 6.07 Å². The van der Waals surface area contributed by atoms with E-state index in [1.165, 1.54) is 6.07 Å². The van der Waals surface area contributed by atoms with Crippen LogP contribution in [-0.2, 0) is 5.41 Å². The van der Waals surface area contributed by atoms with Crippen LogP contribution in [0, 0.1) is 11.7 Å². The van der Waals surface area contributed by atoms with Gasteiger partial charge in [0.05, 0.1) is 0 Å². The van der Waals surface area contributed by atoms with Gasteiger partial charge in [-0.25, -0.2) is 4.39 Å². The van der Waals surface area contributed by atoms with Crippen LogP contribution in [0.3, 0.4) is 0 Å². The Labute approximate surface area is 82.5 Å². The summed E-state index contributed by atoms with van der Waals surface area (Å²) in [6.45, 7) is 0.491. The van der Waals surface area contributed by atoms with Gasteiger partial charge in [-0.05, 0) is 24.0 Å². The van der Waals surface area contributed by atoms with E-state index in [0.717, 1.165) is 6.42 Å². The van der Waals surface area contributed by atoms with Crippen LogP contribution in [0.2, 0.25) is 0 Å². The molecule has 0 aliphatic heterocycles. The lowest BCUT2D eigenvalue weighted by molar-refractivity contribution is 0.263. The summed E-state index contributed by atoms with van der Waals surface area (Å²) in [7, 11) is 0. The summed E-state index contributed by atoms with van der Waals surface area (Å²) in [6.07, 6.45) is 0.793. The highest BCUT2D eigenvalue weighted by molar-refractivity contribution is 5.35. The molecule has 1 aliphatic carbocycles. The van der Waals surface area contributed by atoms with Gasteiger partial charge in [0.2, 0.25) is 0 Å². The van der Waals surface area contributed by atoms with Gasteiger partial charge in [0, 0.05) is 18.6 Å². The molecule has 2 nitrogen and oxygen atoms in total. The monoisotopic (exact) mass is 195 g/mol. The number of aliphatic hydroxyl groups is 1. The average molecular weight is 195 g/mol. The molecule has 0 amide bonds. The summed E-state index contributed by atoms with van der Waals surface area (Å²) in [4.78, 5) is 0. The minimum Gasteiger partial charge on any atom is -0.396 e. The molecule has 1 saturated carbocycles. The van der Waals surface area contributed by atoms with Gasteiger partial charge in [-0.1, -0.05) is 18.2 Å². The molecule has 2 unspecified atom stereocenters. The third-order valence-electron chi connectivity index (χ3n) is 3.23.